The van der Waals surface area contributed by atoms with Crippen molar-refractivity contribution in [2.75, 3.05) is 11.9 Å². The van der Waals surface area contributed by atoms with Gasteiger partial charge in [0.25, 0.3) is 5.91 Å². The second-order valence-corrected chi connectivity index (χ2v) is 4.40. The number of amides is 1. The monoisotopic (exact) mass is 297 g/mol. The molecule has 2 aromatic rings. The standard InChI is InChI=1S/C17H15NO4/c1-2-11-22-15-10-6-5-9-14(15)18-16(19)12-7-3-4-8-13(12)17(20)21/h2-10H,1,11H2,(H,18,19)(H,20,21). The Kier molecular flexibility index (Phi) is 4.93. The molecule has 22 heavy (non-hydrogen) atoms. The average Bonchev–Trinajstić information content (AvgIpc) is 2.54. The predicted octanol–water partition coefficient (Wildman–Crippen LogP) is 3.20. The lowest BCUT2D eigenvalue weighted by molar-refractivity contribution is 0.0692. The Balaban J connectivity index is 2.26. The van der Waals surface area contributed by atoms with E-state index in [2.05, 4.69) is 11.9 Å². The third-order valence-electron chi connectivity index (χ3n) is 2.89. The van der Waals surface area contributed by atoms with E-state index in [9.17, 15) is 9.59 Å². The largest absolute Gasteiger partial charge is 0.487 e. The van der Waals surface area contributed by atoms with Crippen molar-refractivity contribution < 1.29 is 19.4 Å². The van der Waals surface area contributed by atoms with Crippen LogP contribution in [-0.4, -0.2) is 23.6 Å². The number of aromatic carboxylic acids is 1. The van der Waals surface area contributed by atoms with Crippen molar-refractivity contribution in [3.63, 3.8) is 0 Å². The number of carbonyl (C=O) groups is 2. The van der Waals surface area contributed by atoms with Gasteiger partial charge in [0.05, 0.1) is 16.8 Å². The molecular weight excluding hydrogens is 282 g/mol. The second-order valence-electron chi connectivity index (χ2n) is 4.40. The van der Waals surface area contributed by atoms with Gasteiger partial charge in [-0.25, -0.2) is 4.79 Å². The Bertz CT molecular complexity index is 709. The molecule has 5 nitrogen and oxygen atoms in total. The van der Waals surface area contributed by atoms with Gasteiger partial charge in [0.15, 0.2) is 0 Å². The molecule has 0 unspecified atom stereocenters. The van der Waals surface area contributed by atoms with E-state index >= 15 is 0 Å². The zero-order valence-corrected chi connectivity index (χ0v) is 11.8. The number of para-hydroxylation sites is 2. The van der Waals surface area contributed by atoms with E-state index in [0.717, 1.165) is 0 Å². The fourth-order valence-electron chi connectivity index (χ4n) is 1.90. The molecule has 0 aromatic heterocycles. The van der Waals surface area contributed by atoms with Crippen LogP contribution in [-0.2, 0) is 0 Å². The Morgan fingerprint density at radius 1 is 1.09 bits per heavy atom. The van der Waals surface area contributed by atoms with Gasteiger partial charge >= 0.3 is 5.97 Å². The summed E-state index contributed by atoms with van der Waals surface area (Å²) in [5.74, 6) is -1.17. The van der Waals surface area contributed by atoms with Gasteiger partial charge in [0, 0.05) is 0 Å². The van der Waals surface area contributed by atoms with E-state index in [1.807, 2.05) is 0 Å². The third-order valence-corrected chi connectivity index (χ3v) is 2.89. The molecule has 0 saturated heterocycles. The van der Waals surface area contributed by atoms with E-state index in [-0.39, 0.29) is 11.1 Å². The summed E-state index contributed by atoms with van der Waals surface area (Å²) in [7, 11) is 0. The van der Waals surface area contributed by atoms with Crippen LogP contribution in [0.1, 0.15) is 20.7 Å². The molecular formula is C17H15NO4. The molecule has 0 aliphatic heterocycles. The number of carboxylic acid groups (broad SMARTS) is 1. The van der Waals surface area contributed by atoms with Gasteiger partial charge in [0.1, 0.15) is 12.4 Å². The van der Waals surface area contributed by atoms with Crippen molar-refractivity contribution in [2.45, 2.75) is 0 Å². The van der Waals surface area contributed by atoms with Crippen molar-refractivity contribution in [3.8, 4) is 5.75 Å². The molecule has 0 aliphatic carbocycles. The van der Waals surface area contributed by atoms with E-state index in [0.29, 0.717) is 18.0 Å². The first-order valence-corrected chi connectivity index (χ1v) is 6.60. The zero-order valence-electron chi connectivity index (χ0n) is 11.8. The molecule has 0 fully saturated rings. The third kappa shape index (κ3) is 3.52. The van der Waals surface area contributed by atoms with Crippen molar-refractivity contribution >= 4 is 17.6 Å². The average molecular weight is 297 g/mol. The summed E-state index contributed by atoms with van der Waals surface area (Å²) in [5.41, 5.74) is 0.507. The predicted molar refractivity (Wildman–Crippen MR) is 83.5 cm³/mol. The number of ether oxygens (including phenoxy) is 1. The molecule has 1 amide bonds. The zero-order chi connectivity index (χ0) is 15.9. The van der Waals surface area contributed by atoms with Crippen LogP contribution in [0.5, 0.6) is 5.75 Å². The van der Waals surface area contributed by atoms with Crippen LogP contribution >= 0.6 is 0 Å². The maximum atomic E-state index is 12.3. The molecule has 0 spiro atoms. The topological polar surface area (TPSA) is 75.6 Å². The normalized spacial score (nSPS) is 9.82. The minimum Gasteiger partial charge on any atom is -0.487 e. The number of hydrogen-bond donors (Lipinski definition) is 2. The first-order chi connectivity index (χ1) is 10.6. The SMILES string of the molecule is C=CCOc1ccccc1NC(=O)c1ccccc1C(=O)O. The molecule has 0 heterocycles. The minimum atomic E-state index is -1.15. The van der Waals surface area contributed by atoms with E-state index in [4.69, 9.17) is 9.84 Å². The smallest absolute Gasteiger partial charge is 0.336 e. The summed E-state index contributed by atoms with van der Waals surface area (Å²) in [6, 6.07) is 13.0. The number of nitrogens with one attached hydrogen (secondary N) is 1. The maximum absolute atomic E-state index is 12.3. The molecule has 0 bridgehead atoms. The Morgan fingerprint density at radius 2 is 1.73 bits per heavy atom. The second kappa shape index (κ2) is 7.08. The molecule has 0 aliphatic rings. The molecule has 0 saturated carbocycles. The highest BCUT2D eigenvalue weighted by Crippen LogP contribution is 2.24. The lowest BCUT2D eigenvalue weighted by atomic mass is 10.1. The van der Waals surface area contributed by atoms with Crippen molar-refractivity contribution in [2.24, 2.45) is 0 Å². The van der Waals surface area contributed by atoms with Crippen LogP contribution in [0.4, 0.5) is 5.69 Å². The van der Waals surface area contributed by atoms with Crippen LogP contribution in [0.2, 0.25) is 0 Å². The molecule has 2 N–H and O–H groups in total. The lowest BCUT2D eigenvalue weighted by Crippen LogP contribution is -2.16. The number of anilines is 1. The highest BCUT2D eigenvalue weighted by molar-refractivity contribution is 6.11. The summed E-state index contributed by atoms with van der Waals surface area (Å²) in [4.78, 5) is 23.5. The number of benzene rings is 2. The summed E-state index contributed by atoms with van der Waals surface area (Å²) >= 11 is 0. The van der Waals surface area contributed by atoms with Crippen LogP contribution in [0.3, 0.4) is 0 Å². The first-order valence-electron chi connectivity index (χ1n) is 6.60. The van der Waals surface area contributed by atoms with Gasteiger partial charge in [-0.3, -0.25) is 4.79 Å². The maximum Gasteiger partial charge on any atom is 0.336 e. The molecule has 0 radical (unpaired) electrons. The Labute approximate surface area is 127 Å². The Hall–Kier alpha value is -3.08. The summed E-state index contributed by atoms with van der Waals surface area (Å²) in [5, 5.41) is 11.8. The van der Waals surface area contributed by atoms with Gasteiger partial charge in [0.2, 0.25) is 0 Å². The first kappa shape index (κ1) is 15.3. The lowest BCUT2D eigenvalue weighted by Gasteiger charge is -2.12. The van der Waals surface area contributed by atoms with Crippen molar-refractivity contribution in [1.82, 2.24) is 0 Å². The minimum absolute atomic E-state index is 0.0514. The fourth-order valence-corrected chi connectivity index (χ4v) is 1.90. The fraction of sp³-hybridized carbons (Fsp3) is 0.0588. The molecule has 2 aromatic carbocycles. The van der Waals surface area contributed by atoms with Gasteiger partial charge in [-0.15, -0.1) is 0 Å². The Morgan fingerprint density at radius 3 is 2.41 bits per heavy atom. The van der Waals surface area contributed by atoms with Gasteiger partial charge in [-0.1, -0.05) is 36.9 Å². The van der Waals surface area contributed by atoms with Crippen molar-refractivity contribution in [3.05, 3.63) is 72.3 Å². The molecule has 2 rings (SSSR count). The number of rotatable bonds is 6. The summed E-state index contributed by atoms with van der Waals surface area (Å²) in [6.07, 6.45) is 1.60. The quantitative estimate of drug-likeness (QED) is 0.803. The van der Waals surface area contributed by atoms with E-state index in [1.165, 1.54) is 12.1 Å². The van der Waals surface area contributed by atoms with E-state index < -0.39 is 11.9 Å². The summed E-state index contributed by atoms with van der Waals surface area (Å²) < 4.78 is 5.45. The van der Waals surface area contributed by atoms with Crippen LogP contribution in [0.15, 0.2) is 61.2 Å². The van der Waals surface area contributed by atoms with Gasteiger partial charge in [-0.05, 0) is 24.3 Å². The summed E-state index contributed by atoms with van der Waals surface area (Å²) in [6.45, 7) is 3.87. The highest BCUT2D eigenvalue weighted by Gasteiger charge is 2.16. The number of carbonyl (C=O) groups excluding carboxylic acids is 1. The molecule has 0 atom stereocenters. The van der Waals surface area contributed by atoms with Crippen molar-refractivity contribution in [1.29, 1.82) is 0 Å². The van der Waals surface area contributed by atoms with Crippen LogP contribution in [0.25, 0.3) is 0 Å². The highest BCUT2D eigenvalue weighted by atomic mass is 16.5. The van der Waals surface area contributed by atoms with Crippen LogP contribution in [0, 0.1) is 0 Å². The number of carboxylic acids is 1. The van der Waals surface area contributed by atoms with E-state index in [1.54, 1.807) is 42.5 Å². The van der Waals surface area contributed by atoms with Gasteiger partial charge < -0.3 is 15.2 Å². The number of hydrogen-bond acceptors (Lipinski definition) is 3. The van der Waals surface area contributed by atoms with Crippen LogP contribution < -0.4 is 10.1 Å². The molecule has 5 heteroatoms. The molecule has 112 valence electrons. The van der Waals surface area contributed by atoms with Gasteiger partial charge in [-0.2, -0.15) is 0 Å².